The molecule has 6 nitrogen and oxygen atoms in total. The van der Waals surface area contributed by atoms with Crippen LogP contribution in [0.3, 0.4) is 0 Å². The highest BCUT2D eigenvalue weighted by Crippen LogP contribution is 2.32. The van der Waals surface area contributed by atoms with Gasteiger partial charge in [-0.2, -0.15) is 0 Å². The first-order valence-corrected chi connectivity index (χ1v) is 11.6. The summed E-state index contributed by atoms with van der Waals surface area (Å²) in [5.74, 6) is -0.0435. The third kappa shape index (κ3) is 5.24. The molecule has 0 saturated carbocycles. The first-order chi connectivity index (χ1) is 15.0. The molecule has 3 aromatic carbocycles. The second kappa shape index (κ2) is 10.1. The van der Waals surface area contributed by atoms with E-state index in [2.05, 4.69) is 5.32 Å². The van der Waals surface area contributed by atoms with E-state index in [4.69, 9.17) is 4.74 Å². The number of hydrogen-bond donors (Lipinski definition) is 1. The standard InChI is InChI=1S/C24H26N2O4S/c1-3-19-12-8-9-15-21(19)25-24(27)18-26(22-16-10-11-17-23(22)30-4-2)31(28,29)20-13-6-5-7-14-20/h5-17H,3-4,18H2,1-2H3,(H,25,27). The molecule has 3 aromatic rings. The Bertz CT molecular complexity index is 1130. The van der Waals surface area contributed by atoms with Crippen LogP contribution in [-0.4, -0.2) is 27.5 Å². The van der Waals surface area contributed by atoms with Gasteiger partial charge in [0, 0.05) is 5.69 Å². The predicted molar refractivity (Wildman–Crippen MR) is 123 cm³/mol. The quantitative estimate of drug-likeness (QED) is 0.534. The number of carbonyl (C=O) groups excluding carboxylic acids is 1. The van der Waals surface area contributed by atoms with Crippen molar-refractivity contribution in [3.8, 4) is 5.75 Å². The van der Waals surface area contributed by atoms with Crippen molar-refractivity contribution in [1.29, 1.82) is 0 Å². The number of rotatable bonds is 9. The van der Waals surface area contributed by atoms with Gasteiger partial charge in [-0.15, -0.1) is 0 Å². The Hall–Kier alpha value is -3.32. The predicted octanol–water partition coefficient (Wildman–Crippen LogP) is 4.48. The lowest BCUT2D eigenvalue weighted by molar-refractivity contribution is -0.114. The summed E-state index contributed by atoms with van der Waals surface area (Å²) < 4.78 is 33.7. The van der Waals surface area contributed by atoms with Crippen LogP contribution in [0.1, 0.15) is 19.4 Å². The molecule has 31 heavy (non-hydrogen) atoms. The van der Waals surface area contributed by atoms with E-state index >= 15 is 0 Å². The molecular weight excluding hydrogens is 412 g/mol. The second-order valence-corrected chi connectivity index (χ2v) is 8.65. The van der Waals surface area contributed by atoms with Crippen molar-refractivity contribution in [3.05, 3.63) is 84.4 Å². The summed E-state index contributed by atoms with van der Waals surface area (Å²) in [6, 6.07) is 22.3. The SMILES string of the molecule is CCOc1ccccc1N(CC(=O)Nc1ccccc1CC)S(=O)(=O)c1ccccc1. The Kier molecular flexibility index (Phi) is 7.31. The van der Waals surface area contributed by atoms with E-state index < -0.39 is 15.9 Å². The van der Waals surface area contributed by atoms with Crippen LogP contribution in [0.25, 0.3) is 0 Å². The van der Waals surface area contributed by atoms with Crippen molar-refractivity contribution in [2.24, 2.45) is 0 Å². The Balaban J connectivity index is 2.00. The normalized spacial score (nSPS) is 11.0. The van der Waals surface area contributed by atoms with Crippen LogP contribution < -0.4 is 14.4 Å². The average Bonchev–Trinajstić information content (AvgIpc) is 2.79. The lowest BCUT2D eigenvalue weighted by atomic mass is 10.1. The number of hydrogen-bond acceptors (Lipinski definition) is 4. The van der Waals surface area contributed by atoms with Crippen molar-refractivity contribution < 1.29 is 17.9 Å². The van der Waals surface area contributed by atoms with E-state index in [0.29, 0.717) is 23.7 Å². The van der Waals surface area contributed by atoms with Gasteiger partial charge in [0.05, 0.1) is 17.2 Å². The highest BCUT2D eigenvalue weighted by molar-refractivity contribution is 7.92. The van der Waals surface area contributed by atoms with E-state index in [-0.39, 0.29) is 11.4 Å². The summed E-state index contributed by atoms with van der Waals surface area (Å²) in [5.41, 5.74) is 1.96. The van der Waals surface area contributed by atoms with Crippen LogP contribution >= 0.6 is 0 Å². The topological polar surface area (TPSA) is 75.7 Å². The van der Waals surface area contributed by atoms with E-state index in [1.807, 2.05) is 32.0 Å². The third-order valence-corrected chi connectivity index (χ3v) is 6.50. The van der Waals surface area contributed by atoms with Gasteiger partial charge < -0.3 is 10.1 Å². The molecule has 0 radical (unpaired) electrons. The molecule has 0 unspecified atom stereocenters. The first-order valence-electron chi connectivity index (χ1n) is 10.1. The summed E-state index contributed by atoms with van der Waals surface area (Å²) in [6.07, 6.45) is 0.746. The van der Waals surface area contributed by atoms with Crippen molar-refractivity contribution in [1.82, 2.24) is 0 Å². The number of nitrogens with one attached hydrogen (secondary N) is 1. The zero-order chi connectivity index (χ0) is 22.3. The summed E-state index contributed by atoms with van der Waals surface area (Å²) in [6.45, 7) is 3.79. The fourth-order valence-corrected chi connectivity index (χ4v) is 4.68. The number of carbonyl (C=O) groups is 1. The van der Waals surface area contributed by atoms with Gasteiger partial charge in [0.1, 0.15) is 12.3 Å². The second-order valence-electron chi connectivity index (χ2n) is 6.78. The Morgan fingerprint density at radius 1 is 0.903 bits per heavy atom. The van der Waals surface area contributed by atoms with E-state index in [0.717, 1.165) is 16.3 Å². The summed E-state index contributed by atoms with van der Waals surface area (Å²) in [5, 5.41) is 2.85. The number of nitrogens with zero attached hydrogens (tertiary/aromatic N) is 1. The molecular formula is C24H26N2O4S. The van der Waals surface area contributed by atoms with Gasteiger partial charge in [0.15, 0.2) is 0 Å². The van der Waals surface area contributed by atoms with Crippen LogP contribution in [0.5, 0.6) is 5.75 Å². The third-order valence-electron chi connectivity index (χ3n) is 4.72. The van der Waals surface area contributed by atoms with Gasteiger partial charge in [-0.3, -0.25) is 9.10 Å². The van der Waals surface area contributed by atoms with Gasteiger partial charge in [0.2, 0.25) is 5.91 Å². The molecule has 7 heteroatoms. The number of amides is 1. The van der Waals surface area contributed by atoms with Crippen molar-refractivity contribution in [2.75, 3.05) is 22.8 Å². The monoisotopic (exact) mass is 438 g/mol. The average molecular weight is 439 g/mol. The summed E-state index contributed by atoms with van der Waals surface area (Å²) in [7, 11) is -4.01. The minimum Gasteiger partial charge on any atom is -0.492 e. The maximum Gasteiger partial charge on any atom is 0.264 e. The number of anilines is 2. The minimum atomic E-state index is -4.01. The molecule has 1 amide bonds. The van der Waals surface area contributed by atoms with Crippen LogP contribution in [0.15, 0.2) is 83.8 Å². The zero-order valence-corrected chi connectivity index (χ0v) is 18.4. The summed E-state index contributed by atoms with van der Waals surface area (Å²) >= 11 is 0. The molecule has 0 aliphatic carbocycles. The maximum absolute atomic E-state index is 13.5. The highest BCUT2D eigenvalue weighted by Gasteiger charge is 2.29. The number of sulfonamides is 1. The zero-order valence-electron chi connectivity index (χ0n) is 17.6. The first kappa shape index (κ1) is 22.4. The van der Waals surface area contributed by atoms with Crippen LogP contribution in [0.2, 0.25) is 0 Å². The molecule has 0 heterocycles. The fourth-order valence-electron chi connectivity index (χ4n) is 3.23. The van der Waals surface area contributed by atoms with Crippen molar-refractivity contribution in [2.45, 2.75) is 25.2 Å². The molecule has 0 bridgehead atoms. The fraction of sp³-hybridized carbons (Fsp3) is 0.208. The summed E-state index contributed by atoms with van der Waals surface area (Å²) in [4.78, 5) is 13.1. The van der Waals surface area contributed by atoms with E-state index in [9.17, 15) is 13.2 Å². The lowest BCUT2D eigenvalue weighted by Gasteiger charge is -2.26. The van der Waals surface area contributed by atoms with Crippen LogP contribution in [-0.2, 0) is 21.2 Å². The molecule has 0 atom stereocenters. The number of aryl methyl sites for hydroxylation is 1. The van der Waals surface area contributed by atoms with Crippen LogP contribution in [0, 0.1) is 0 Å². The Morgan fingerprint density at radius 2 is 1.55 bits per heavy atom. The van der Waals surface area contributed by atoms with E-state index in [1.54, 1.807) is 48.5 Å². The van der Waals surface area contributed by atoms with Gasteiger partial charge in [-0.05, 0) is 49.2 Å². The van der Waals surface area contributed by atoms with Gasteiger partial charge in [-0.25, -0.2) is 8.42 Å². The van der Waals surface area contributed by atoms with Gasteiger partial charge in [-0.1, -0.05) is 55.5 Å². The molecule has 1 N–H and O–H groups in total. The molecule has 0 aromatic heterocycles. The van der Waals surface area contributed by atoms with Gasteiger partial charge >= 0.3 is 0 Å². The maximum atomic E-state index is 13.5. The van der Waals surface area contributed by atoms with Crippen LogP contribution in [0.4, 0.5) is 11.4 Å². The lowest BCUT2D eigenvalue weighted by Crippen LogP contribution is -2.38. The van der Waals surface area contributed by atoms with Crippen molar-refractivity contribution >= 4 is 27.3 Å². The van der Waals surface area contributed by atoms with E-state index in [1.165, 1.54) is 12.1 Å². The smallest absolute Gasteiger partial charge is 0.264 e. The molecule has 0 spiro atoms. The highest BCUT2D eigenvalue weighted by atomic mass is 32.2. The molecule has 3 rings (SSSR count). The molecule has 162 valence electrons. The molecule has 0 fully saturated rings. The largest absolute Gasteiger partial charge is 0.492 e. The number of benzene rings is 3. The Morgan fingerprint density at radius 3 is 2.26 bits per heavy atom. The molecule has 0 aliphatic rings. The number of ether oxygens (including phenoxy) is 1. The molecule has 0 saturated heterocycles. The van der Waals surface area contributed by atoms with Gasteiger partial charge in [0.25, 0.3) is 10.0 Å². The number of para-hydroxylation sites is 3. The Labute approximate surface area is 183 Å². The minimum absolute atomic E-state index is 0.100. The van der Waals surface area contributed by atoms with Crippen molar-refractivity contribution in [3.63, 3.8) is 0 Å². The molecule has 0 aliphatic heterocycles.